The van der Waals surface area contributed by atoms with E-state index in [1.54, 1.807) is 18.4 Å². The summed E-state index contributed by atoms with van der Waals surface area (Å²) in [4.78, 5) is 19.8. The zero-order valence-electron chi connectivity index (χ0n) is 16.0. The van der Waals surface area contributed by atoms with Crippen LogP contribution in [-0.2, 0) is 6.54 Å². The van der Waals surface area contributed by atoms with E-state index in [1.165, 1.54) is 0 Å². The van der Waals surface area contributed by atoms with Gasteiger partial charge in [0.25, 0.3) is 0 Å². The molecule has 0 spiro atoms. The number of rotatable bonds is 6. The van der Waals surface area contributed by atoms with E-state index in [-0.39, 0.29) is 11.7 Å². The summed E-state index contributed by atoms with van der Waals surface area (Å²) in [5.74, 6) is 1.27. The van der Waals surface area contributed by atoms with Crippen molar-refractivity contribution in [2.75, 3.05) is 20.2 Å². The van der Waals surface area contributed by atoms with Crippen LogP contribution in [-0.4, -0.2) is 35.9 Å². The number of nitrogens with zero attached hydrogens (tertiary/aromatic N) is 2. The van der Waals surface area contributed by atoms with Crippen LogP contribution in [0.2, 0.25) is 0 Å². The van der Waals surface area contributed by atoms with E-state index < -0.39 is 0 Å². The molecule has 0 aliphatic carbocycles. The molecule has 5 heteroatoms. The van der Waals surface area contributed by atoms with Gasteiger partial charge in [0.2, 0.25) is 0 Å². The van der Waals surface area contributed by atoms with E-state index in [0.29, 0.717) is 0 Å². The molecule has 0 unspecified atom stereocenters. The van der Waals surface area contributed by atoms with Crippen LogP contribution in [0.4, 0.5) is 0 Å². The first kappa shape index (κ1) is 18.8. The van der Waals surface area contributed by atoms with E-state index in [2.05, 4.69) is 16.3 Å². The third kappa shape index (κ3) is 4.32. The number of Topliss-reactive ketones (excluding diaryl/α,β-unsaturated/α-hetero) is 1. The third-order valence-corrected chi connectivity index (χ3v) is 6.21. The fourth-order valence-electron chi connectivity index (χ4n) is 3.69. The lowest BCUT2D eigenvalue weighted by atomic mass is 9.89. The SMILES string of the molecule is COc1cccc(-c2nc(CN3CCC(C(=O)c4ccccc4)CC3)cs2)c1. The second-order valence-electron chi connectivity index (χ2n) is 7.16. The molecule has 28 heavy (non-hydrogen) atoms. The molecule has 0 atom stereocenters. The number of carbonyl (C=O) groups is 1. The van der Waals surface area contributed by atoms with Crippen molar-refractivity contribution >= 4 is 17.1 Å². The van der Waals surface area contributed by atoms with Crippen LogP contribution in [0.3, 0.4) is 0 Å². The molecule has 1 aromatic heterocycles. The summed E-state index contributed by atoms with van der Waals surface area (Å²) in [5, 5.41) is 3.15. The molecular weight excluding hydrogens is 368 g/mol. The number of hydrogen-bond acceptors (Lipinski definition) is 5. The van der Waals surface area contributed by atoms with Crippen LogP contribution in [0.25, 0.3) is 10.6 Å². The smallest absolute Gasteiger partial charge is 0.166 e. The van der Waals surface area contributed by atoms with Crippen molar-refractivity contribution in [3.63, 3.8) is 0 Å². The molecular formula is C23H24N2O2S. The summed E-state index contributed by atoms with van der Waals surface area (Å²) >= 11 is 1.67. The van der Waals surface area contributed by atoms with Crippen LogP contribution in [0.1, 0.15) is 28.9 Å². The van der Waals surface area contributed by atoms with Crippen molar-refractivity contribution < 1.29 is 9.53 Å². The van der Waals surface area contributed by atoms with Crippen molar-refractivity contribution in [2.45, 2.75) is 19.4 Å². The van der Waals surface area contributed by atoms with Crippen LogP contribution in [0.5, 0.6) is 5.75 Å². The van der Waals surface area contributed by atoms with Gasteiger partial charge in [-0.05, 0) is 38.1 Å². The van der Waals surface area contributed by atoms with Crippen molar-refractivity contribution in [3.8, 4) is 16.3 Å². The predicted molar refractivity (Wildman–Crippen MR) is 113 cm³/mol. The average Bonchev–Trinajstić information content (AvgIpc) is 3.23. The number of benzene rings is 2. The highest BCUT2D eigenvalue weighted by molar-refractivity contribution is 7.13. The minimum absolute atomic E-state index is 0.140. The Hall–Kier alpha value is -2.50. The molecule has 1 aliphatic rings. The Labute approximate surface area is 169 Å². The Bertz CT molecular complexity index is 931. The fraction of sp³-hybridized carbons (Fsp3) is 0.304. The number of likely N-dealkylation sites (tertiary alicyclic amines) is 1. The number of piperidine rings is 1. The first-order chi connectivity index (χ1) is 13.7. The van der Waals surface area contributed by atoms with Gasteiger partial charge in [0, 0.05) is 29.0 Å². The topological polar surface area (TPSA) is 42.4 Å². The number of ether oxygens (including phenoxy) is 1. The number of aromatic nitrogens is 1. The van der Waals surface area contributed by atoms with Crippen molar-refractivity contribution in [1.82, 2.24) is 9.88 Å². The second-order valence-corrected chi connectivity index (χ2v) is 8.01. The van der Waals surface area contributed by atoms with Gasteiger partial charge < -0.3 is 4.74 Å². The molecule has 0 amide bonds. The maximum absolute atomic E-state index is 12.6. The van der Waals surface area contributed by atoms with E-state index in [4.69, 9.17) is 9.72 Å². The van der Waals surface area contributed by atoms with Gasteiger partial charge in [0.1, 0.15) is 10.8 Å². The van der Waals surface area contributed by atoms with Crippen LogP contribution in [0.15, 0.2) is 60.0 Å². The van der Waals surface area contributed by atoms with Crippen molar-refractivity contribution in [2.24, 2.45) is 5.92 Å². The predicted octanol–water partition coefficient (Wildman–Crippen LogP) is 4.91. The summed E-state index contributed by atoms with van der Waals surface area (Å²) in [6.45, 7) is 2.72. The summed E-state index contributed by atoms with van der Waals surface area (Å²) in [5.41, 5.74) is 3.02. The average molecular weight is 393 g/mol. The first-order valence-electron chi connectivity index (χ1n) is 9.63. The van der Waals surface area contributed by atoms with Gasteiger partial charge in [-0.15, -0.1) is 11.3 Å². The largest absolute Gasteiger partial charge is 0.497 e. The molecule has 1 aliphatic heterocycles. The molecule has 2 heterocycles. The molecule has 1 fully saturated rings. The Morgan fingerprint density at radius 1 is 1.14 bits per heavy atom. The van der Waals surface area contributed by atoms with Crippen molar-refractivity contribution in [1.29, 1.82) is 0 Å². The Morgan fingerprint density at radius 2 is 1.93 bits per heavy atom. The van der Waals surface area contributed by atoms with E-state index >= 15 is 0 Å². The van der Waals surface area contributed by atoms with E-state index in [9.17, 15) is 4.79 Å². The zero-order chi connectivity index (χ0) is 19.3. The van der Waals surface area contributed by atoms with Gasteiger partial charge in [-0.2, -0.15) is 0 Å². The quantitative estimate of drug-likeness (QED) is 0.559. The van der Waals surface area contributed by atoms with Gasteiger partial charge in [-0.1, -0.05) is 42.5 Å². The van der Waals surface area contributed by atoms with Gasteiger partial charge in [-0.3, -0.25) is 9.69 Å². The molecule has 4 rings (SSSR count). The fourth-order valence-corrected chi connectivity index (χ4v) is 4.50. The van der Waals surface area contributed by atoms with Crippen LogP contribution >= 0.6 is 11.3 Å². The molecule has 4 nitrogen and oxygen atoms in total. The van der Waals surface area contributed by atoms with Crippen LogP contribution < -0.4 is 4.74 Å². The normalized spacial score (nSPS) is 15.5. The molecule has 0 radical (unpaired) electrons. The summed E-state index contributed by atoms with van der Waals surface area (Å²) < 4.78 is 5.31. The van der Waals surface area contributed by atoms with Crippen molar-refractivity contribution in [3.05, 3.63) is 71.2 Å². The molecule has 0 bridgehead atoms. The minimum Gasteiger partial charge on any atom is -0.497 e. The number of thiazole rings is 1. The molecule has 3 aromatic rings. The Balaban J connectivity index is 1.34. The van der Waals surface area contributed by atoms with Gasteiger partial charge in [0.15, 0.2) is 5.78 Å². The second kappa shape index (κ2) is 8.67. The summed E-state index contributed by atoms with van der Waals surface area (Å²) in [6.07, 6.45) is 1.83. The molecule has 0 N–H and O–H groups in total. The highest BCUT2D eigenvalue weighted by Gasteiger charge is 2.26. The summed E-state index contributed by atoms with van der Waals surface area (Å²) in [6, 6.07) is 17.7. The van der Waals surface area contributed by atoms with E-state index in [0.717, 1.165) is 60.1 Å². The highest BCUT2D eigenvalue weighted by atomic mass is 32.1. The zero-order valence-corrected chi connectivity index (χ0v) is 16.8. The number of ketones is 1. The maximum Gasteiger partial charge on any atom is 0.166 e. The van der Waals surface area contributed by atoms with Gasteiger partial charge in [0.05, 0.1) is 12.8 Å². The summed E-state index contributed by atoms with van der Waals surface area (Å²) in [7, 11) is 1.68. The highest BCUT2D eigenvalue weighted by Crippen LogP contribution is 2.28. The first-order valence-corrected chi connectivity index (χ1v) is 10.5. The Kier molecular flexibility index (Phi) is 5.84. The number of methoxy groups -OCH3 is 1. The lowest BCUT2D eigenvalue weighted by Crippen LogP contribution is -2.36. The molecule has 0 saturated carbocycles. The molecule has 1 saturated heterocycles. The maximum atomic E-state index is 12.6. The standard InChI is InChI=1S/C23H24N2O2S/c1-27-21-9-5-8-19(14-21)23-24-20(16-28-23)15-25-12-10-18(11-13-25)22(26)17-6-3-2-4-7-17/h2-9,14,16,18H,10-13,15H2,1H3. The van der Waals surface area contributed by atoms with E-state index in [1.807, 2.05) is 48.5 Å². The van der Waals surface area contributed by atoms with Gasteiger partial charge in [-0.25, -0.2) is 4.98 Å². The van der Waals surface area contributed by atoms with Gasteiger partial charge >= 0.3 is 0 Å². The monoisotopic (exact) mass is 392 g/mol. The molecule has 144 valence electrons. The lowest BCUT2D eigenvalue weighted by molar-refractivity contribution is 0.0834. The number of hydrogen-bond donors (Lipinski definition) is 0. The lowest BCUT2D eigenvalue weighted by Gasteiger charge is -2.30. The van der Waals surface area contributed by atoms with Crippen LogP contribution in [0, 0.1) is 5.92 Å². The minimum atomic E-state index is 0.140. The Morgan fingerprint density at radius 3 is 2.68 bits per heavy atom. The third-order valence-electron chi connectivity index (χ3n) is 5.27. The molecule has 2 aromatic carbocycles. The number of carbonyl (C=O) groups excluding carboxylic acids is 1.